The molecule has 0 fully saturated rings. The summed E-state index contributed by atoms with van der Waals surface area (Å²) in [5.41, 5.74) is 5.59. The van der Waals surface area contributed by atoms with E-state index < -0.39 is 0 Å². The second-order valence-electron chi connectivity index (χ2n) is 6.58. The Kier molecular flexibility index (Phi) is 3.68. The van der Waals surface area contributed by atoms with Crippen LogP contribution in [0, 0.1) is 5.82 Å². The second kappa shape index (κ2) is 6.32. The van der Waals surface area contributed by atoms with Gasteiger partial charge < -0.3 is 4.57 Å². The van der Waals surface area contributed by atoms with Gasteiger partial charge in [0, 0.05) is 29.3 Å². The zero-order valence-electron chi connectivity index (χ0n) is 14.5. The number of halogens is 1. The van der Waals surface area contributed by atoms with Crippen LogP contribution in [0.5, 0.6) is 0 Å². The zero-order valence-corrected chi connectivity index (χ0v) is 14.5. The Balaban J connectivity index is 1.77. The largest absolute Gasteiger partial charge is 0.342 e. The third-order valence-corrected chi connectivity index (χ3v) is 4.81. The van der Waals surface area contributed by atoms with E-state index in [1.165, 1.54) is 11.6 Å². The summed E-state index contributed by atoms with van der Waals surface area (Å²) in [5.74, 6) is -0.273. The highest BCUT2D eigenvalue weighted by atomic mass is 19.1. The third-order valence-electron chi connectivity index (χ3n) is 4.81. The molecule has 0 aliphatic carbocycles. The minimum Gasteiger partial charge on any atom is -0.342 e. The maximum atomic E-state index is 14.0. The van der Waals surface area contributed by atoms with E-state index in [2.05, 4.69) is 33.1 Å². The molecule has 0 aromatic heterocycles. The molecule has 0 unspecified atom stereocenters. The molecule has 0 spiro atoms. The molecule has 0 bridgehead atoms. The minimum absolute atomic E-state index is 0.273. The van der Waals surface area contributed by atoms with Gasteiger partial charge in [0.15, 0.2) is 0 Å². The molecule has 3 aromatic carbocycles. The molecule has 27 heavy (non-hydrogen) atoms. The summed E-state index contributed by atoms with van der Waals surface area (Å²) < 4.78 is 16.1. The van der Waals surface area contributed by atoms with Crippen LogP contribution in [-0.2, 0) is 6.54 Å². The molecule has 0 N–H and O–H groups in total. The Hall–Kier alpha value is -3.53. The predicted molar refractivity (Wildman–Crippen MR) is 105 cm³/mol. The van der Waals surface area contributed by atoms with Gasteiger partial charge in [-0.1, -0.05) is 60.7 Å². The fourth-order valence-electron chi connectivity index (χ4n) is 3.54. The van der Waals surface area contributed by atoms with Crippen molar-refractivity contribution < 1.29 is 4.39 Å². The molecule has 2 heterocycles. The molecule has 4 heteroatoms. The van der Waals surface area contributed by atoms with Crippen LogP contribution >= 0.6 is 0 Å². The van der Waals surface area contributed by atoms with Crippen LogP contribution in [0.3, 0.4) is 0 Å². The van der Waals surface area contributed by atoms with E-state index in [0.717, 1.165) is 33.4 Å². The first-order valence-corrected chi connectivity index (χ1v) is 8.84. The minimum atomic E-state index is -0.273. The average Bonchev–Trinajstić information content (AvgIpc) is 3.13. The van der Waals surface area contributed by atoms with E-state index in [4.69, 9.17) is 0 Å². The Morgan fingerprint density at radius 2 is 1.48 bits per heavy atom. The summed E-state index contributed by atoms with van der Waals surface area (Å²) >= 11 is 0. The number of nitrogens with zero attached hydrogens (tertiary/aromatic N) is 3. The van der Waals surface area contributed by atoms with Crippen molar-refractivity contribution in [1.29, 1.82) is 0 Å². The summed E-state index contributed by atoms with van der Waals surface area (Å²) in [7, 11) is 0. The van der Waals surface area contributed by atoms with Gasteiger partial charge in [0.1, 0.15) is 17.2 Å². The molecular formula is C23H16FN3. The summed E-state index contributed by atoms with van der Waals surface area (Å²) in [5, 5.41) is 9.57. The number of pyridine rings is 1. The molecule has 2 aliphatic heterocycles. The lowest BCUT2D eigenvalue weighted by Crippen LogP contribution is -2.04. The number of hydrogen-bond donors (Lipinski definition) is 0. The number of rotatable bonds is 3. The first-order valence-electron chi connectivity index (χ1n) is 8.84. The highest BCUT2D eigenvalue weighted by molar-refractivity contribution is 5.98. The fraction of sp³-hybridized carbons (Fsp3) is 0.0435. The van der Waals surface area contributed by atoms with Gasteiger partial charge in [-0.3, -0.25) is 0 Å². The SMILES string of the molecule is Fc1ccc2c(c1)c1nnc(-c3ccccc3)c-1cn2Cc1ccccc1. The van der Waals surface area contributed by atoms with E-state index in [0.29, 0.717) is 6.54 Å². The second-order valence-corrected chi connectivity index (χ2v) is 6.58. The van der Waals surface area contributed by atoms with Crippen molar-refractivity contribution in [2.75, 3.05) is 0 Å². The normalized spacial score (nSPS) is 11.3. The number of fused-ring (bicyclic) bond motifs is 3. The van der Waals surface area contributed by atoms with E-state index in [1.807, 2.05) is 54.6 Å². The number of benzene rings is 3. The van der Waals surface area contributed by atoms with Crippen LogP contribution in [-0.4, -0.2) is 14.8 Å². The highest BCUT2D eigenvalue weighted by Crippen LogP contribution is 2.36. The molecule has 5 rings (SSSR count). The van der Waals surface area contributed by atoms with Gasteiger partial charge in [-0.2, -0.15) is 0 Å². The van der Waals surface area contributed by atoms with E-state index in [9.17, 15) is 4.39 Å². The average molecular weight is 353 g/mol. The summed E-state index contributed by atoms with van der Waals surface area (Å²) in [6, 6.07) is 25.0. The summed E-state index contributed by atoms with van der Waals surface area (Å²) in [4.78, 5) is 0. The monoisotopic (exact) mass is 353 g/mol. The quantitative estimate of drug-likeness (QED) is 0.435. The molecule has 0 radical (unpaired) electrons. The van der Waals surface area contributed by atoms with Gasteiger partial charge in [0.25, 0.3) is 0 Å². The lowest BCUT2D eigenvalue weighted by Gasteiger charge is -2.15. The molecule has 3 aromatic rings. The Labute approximate surface area is 156 Å². The predicted octanol–water partition coefficient (Wildman–Crippen LogP) is 5.39. The lowest BCUT2D eigenvalue weighted by molar-refractivity contribution is 0.629. The fourth-order valence-corrected chi connectivity index (χ4v) is 3.54. The van der Waals surface area contributed by atoms with Crippen molar-refractivity contribution in [2.24, 2.45) is 0 Å². The van der Waals surface area contributed by atoms with Gasteiger partial charge in [0.05, 0.1) is 5.52 Å². The zero-order chi connectivity index (χ0) is 18.2. The molecule has 3 nitrogen and oxygen atoms in total. The molecule has 130 valence electrons. The van der Waals surface area contributed by atoms with E-state index in [-0.39, 0.29) is 5.82 Å². The summed E-state index contributed by atoms with van der Waals surface area (Å²) in [6.45, 7) is 0.693. The van der Waals surface area contributed by atoms with Gasteiger partial charge >= 0.3 is 0 Å². The number of hydrogen-bond acceptors (Lipinski definition) is 2. The molecule has 2 aliphatic rings. The summed E-state index contributed by atoms with van der Waals surface area (Å²) in [6.07, 6.45) is 2.07. The lowest BCUT2D eigenvalue weighted by atomic mass is 10.0. The van der Waals surface area contributed by atoms with E-state index in [1.54, 1.807) is 6.07 Å². The van der Waals surface area contributed by atoms with Crippen molar-refractivity contribution in [3.63, 3.8) is 0 Å². The van der Waals surface area contributed by atoms with Crippen molar-refractivity contribution in [1.82, 2.24) is 14.8 Å². The van der Waals surface area contributed by atoms with Crippen molar-refractivity contribution in [3.05, 3.63) is 96.4 Å². The smallest absolute Gasteiger partial charge is 0.124 e. The van der Waals surface area contributed by atoms with Crippen LogP contribution < -0.4 is 0 Å². The third kappa shape index (κ3) is 2.75. The van der Waals surface area contributed by atoms with Gasteiger partial charge in [-0.05, 0) is 23.8 Å². The molecular weight excluding hydrogens is 337 g/mol. The van der Waals surface area contributed by atoms with Crippen LogP contribution in [0.1, 0.15) is 5.56 Å². The Morgan fingerprint density at radius 3 is 2.26 bits per heavy atom. The van der Waals surface area contributed by atoms with Crippen molar-refractivity contribution in [3.8, 4) is 22.5 Å². The van der Waals surface area contributed by atoms with Crippen LogP contribution in [0.2, 0.25) is 0 Å². The molecule has 0 saturated heterocycles. The van der Waals surface area contributed by atoms with Gasteiger partial charge in [-0.15, -0.1) is 10.2 Å². The number of aromatic nitrogens is 3. The van der Waals surface area contributed by atoms with Crippen molar-refractivity contribution >= 4 is 10.9 Å². The van der Waals surface area contributed by atoms with Crippen LogP contribution in [0.25, 0.3) is 33.4 Å². The van der Waals surface area contributed by atoms with Crippen LogP contribution in [0.15, 0.2) is 85.1 Å². The maximum absolute atomic E-state index is 14.0. The highest BCUT2D eigenvalue weighted by Gasteiger charge is 2.20. The van der Waals surface area contributed by atoms with E-state index >= 15 is 0 Å². The van der Waals surface area contributed by atoms with Crippen molar-refractivity contribution in [2.45, 2.75) is 6.54 Å². The first-order chi connectivity index (χ1) is 13.3. The Bertz CT molecular complexity index is 1200. The standard InChI is InChI=1S/C23H16FN3/c24-18-11-12-21-19(13-18)23-20(15-27(21)14-16-7-3-1-4-8-16)22(25-26-23)17-9-5-2-6-10-17/h1-13,15H,14H2. The van der Waals surface area contributed by atoms with Gasteiger partial charge in [-0.25, -0.2) is 4.39 Å². The Morgan fingerprint density at radius 1 is 0.778 bits per heavy atom. The first kappa shape index (κ1) is 15.7. The maximum Gasteiger partial charge on any atom is 0.124 e. The van der Waals surface area contributed by atoms with Crippen LogP contribution in [0.4, 0.5) is 4.39 Å². The molecule has 0 amide bonds. The topological polar surface area (TPSA) is 30.7 Å². The molecule has 0 atom stereocenters. The van der Waals surface area contributed by atoms with Gasteiger partial charge in [0.2, 0.25) is 0 Å². The molecule has 0 saturated carbocycles.